The third-order valence-electron chi connectivity index (χ3n) is 4.64. The molecule has 144 valence electrons. The van der Waals surface area contributed by atoms with Crippen LogP contribution in [0.25, 0.3) is 10.2 Å². The maximum absolute atomic E-state index is 12.7. The molecule has 1 amide bonds. The van der Waals surface area contributed by atoms with Crippen molar-refractivity contribution in [3.63, 3.8) is 0 Å². The van der Waals surface area contributed by atoms with E-state index >= 15 is 0 Å². The number of thiophene rings is 1. The average molecular weight is 404 g/mol. The molecule has 0 spiro atoms. The Labute approximate surface area is 167 Å². The smallest absolute Gasteiger partial charge is 0.263 e. The number of rotatable bonds is 8. The van der Waals surface area contributed by atoms with Crippen molar-refractivity contribution in [1.29, 1.82) is 0 Å². The lowest BCUT2D eigenvalue weighted by Gasteiger charge is -2.16. The van der Waals surface area contributed by atoms with Gasteiger partial charge >= 0.3 is 0 Å². The van der Waals surface area contributed by atoms with E-state index in [1.54, 1.807) is 16.7 Å². The van der Waals surface area contributed by atoms with Gasteiger partial charge in [-0.3, -0.25) is 14.2 Å². The first kappa shape index (κ1) is 19.9. The predicted molar refractivity (Wildman–Crippen MR) is 114 cm³/mol. The number of amides is 1. The molecule has 0 aromatic carbocycles. The number of carbonyl (C=O) groups is 1. The largest absolute Gasteiger partial charge is 0.355 e. The molecular formula is C20H25N3O2S2. The van der Waals surface area contributed by atoms with Crippen LogP contribution in [0.2, 0.25) is 0 Å². The van der Waals surface area contributed by atoms with Crippen LogP contribution >= 0.6 is 23.1 Å². The minimum atomic E-state index is -0.328. The number of allylic oxidation sites excluding steroid dienone is 2. The van der Waals surface area contributed by atoms with Crippen molar-refractivity contribution in [1.82, 2.24) is 14.9 Å². The highest BCUT2D eigenvalue weighted by molar-refractivity contribution is 8.00. The topological polar surface area (TPSA) is 64.0 Å². The van der Waals surface area contributed by atoms with Crippen LogP contribution in [0.3, 0.4) is 0 Å². The lowest BCUT2D eigenvalue weighted by molar-refractivity contribution is -0.120. The average Bonchev–Trinajstić information content (AvgIpc) is 3.14. The SMILES string of the molecule is C=CCn1c(S[C@H](C)C(=O)NCCC2=CCCCC2)nc2sccc2c1=O. The molecule has 3 rings (SSSR count). The summed E-state index contributed by atoms with van der Waals surface area (Å²) in [4.78, 5) is 30.4. The number of hydrogen-bond donors (Lipinski definition) is 1. The van der Waals surface area contributed by atoms with Crippen LogP contribution in [0.5, 0.6) is 0 Å². The molecule has 0 saturated heterocycles. The van der Waals surface area contributed by atoms with Crippen LogP contribution in [0.4, 0.5) is 0 Å². The van der Waals surface area contributed by atoms with Gasteiger partial charge in [-0.05, 0) is 50.5 Å². The molecule has 1 aliphatic rings. The van der Waals surface area contributed by atoms with Gasteiger partial charge in [0.15, 0.2) is 5.16 Å². The summed E-state index contributed by atoms with van der Waals surface area (Å²) in [5, 5.41) is 5.73. The maximum atomic E-state index is 12.7. The number of nitrogens with one attached hydrogen (secondary N) is 1. The summed E-state index contributed by atoms with van der Waals surface area (Å²) in [5.74, 6) is -0.0258. The fraction of sp³-hybridized carbons (Fsp3) is 0.450. The van der Waals surface area contributed by atoms with E-state index in [2.05, 4.69) is 23.0 Å². The van der Waals surface area contributed by atoms with Crippen molar-refractivity contribution in [2.75, 3.05) is 6.54 Å². The second kappa shape index (κ2) is 9.37. The van der Waals surface area contributed by atoms with E-state index in [1.165, 1.54) is 41.5 Å². The van der Waals surface area contributed by atoms with Gasteiger partial charge < -0.3 is 5.32 Å². The predicted octanol–water partition coefficient (Wildman–Crippen LogP) is 4.13. The standard InChI is InChI=1S/C20H25N3O2S2/c1-3-12-23-19(25)16-10-13-26-18(16)22-20(23)27-14(2)17(24)21-11-9-15-7-5-4-6-8-15/h3,7,10,13-14H,1,4-6,8-9,11-12H2,2H3,(H,21,24)/t14-/m1/s1. The first-order chi connectivity index (χ1) is 13.1. The zero-order chi connectivity index (χ0) is 19.2. The van der Waals surface area contributed by atoms with E-state index in [-0.39, 0.29) is 16.7 Å². The first-order valence-corrected chi connectivity index (χ1v) is 11.1. The summed E-state index contributed by atoms with van der Waals surface area (Å²) in [5.41, 5.74) is 1.37. The van der Waals surface area contributed by atoms with Crippen LogP contribution in [-0.2, 0) is 11.3 Å². The number of nitrogens with zero attached hydrogens (tertiary/aromatic N) is 2. The van der Waals surface area contributed by atoms with Crippen LogP contribution in [0, 0.1) is 0 Å². The summed E-state index contributed by atoms with van der Waals surface area (Å²) >= 11 is 2.76. The molecule has 2 aromatic heterocycles. The second-order valence-corrected chi connectivity index (χ2v) is 8.85. The van der Waals surface area contributed by atoms with Crippen molar-refractivity contribution in [2.45, 2.75) is 56.0 Å². The first-order valence-electron chi connectivity index (χ1n) is 9.31. The zero-order valence-corrected chi connectivity index (χ0v) is 17.2. The van der Waals surface area contributed by atoms with Crippen LogP contribution in [0.1, 0.15) is 39.0 Å². The van der Waals surface area contributed by atoms with Crippen molar-refractivity contribution in [3.8, 4) is 0 Å². The quantitative estimate of drug-likeness (QED) is 0.409. The summed E-state index contributed by atoms with van der Waals surface area (Å²) in [6, 6.07) is 1.79. The molecule has 2 heterocycles. The Morgan fingerprint density at radius 2 is 2.37 bits per heavy atom. The van der Waals surface area contributed by atoms with E-state index in [0.717, 1.165) is 19.3 Å². The van der Waals surface area contributed by atoms with Crippen molar-refractivity contribution < 1.29 is 4.79 Å². The maximum Gasteiger partial charge on any atom is 0.263 e. The van der Waals surface area contributed by atoms with Gasteiger partial charge in [0.2, 0.25) is 5.91 Å². The lowest BCUT2D eigenvalue weighted by atomic mass is 9.97. The molecule has 0 fully saturated rings. The minimum Gasteiger partial charge on any atom is -0.355 e. The molecule has 2 aromatic rings. The Morgan fingerprint density at radius 1 is 1.52 bits per heavy atom. The Hall–Kier alpha value is -1.86. The third-order valence-corrected chi connectivity index (χ3v) is 6.54. The molecule has 0 bridgehead atoms. The molecule has 0 aliphatic heterocycles. The molecule has 0 saturated carbocycles. The Bertz CT molecular complexity index is 914. The van der Waals surface area contributed by atoms with Gasteiger partial charge in [0.05, 0.1) is 10.6 Å². The van der Waals surface area contributed by atoms with Crippen molar-refractivity contribution >= 4 is 39.2 Å². The van der Waals surface area contributed by atoms with Gasteiger partial charge in [0.1, 0.15) is 4.83 Å². The molecule has 27 heavy (non-hydrogen) atoms. The fourth-order valence-electron chi connectivity index (χ4n) is 3.14. The van der Waals surface area contributed by atoms with Crippen molar-refractivity contribution in [3.05, 3.63) is 46.1 Å². The van der Waals surface area contributed by atoms with Gasteiger partial charge in [-0.15, -0.1) is 17.9 Å². The molecule has 5 nitrogen and oxygen atoms in total. The number of fused-ring (bicyclic) bond motifs is 1. The minimum absolute atomic E-state index is 0.0258. The molecular weight excluding hydrogens is 378 g/mol. The lowest BCUT2D eigenvalue weighted by Crippen LogP contribution is -2.32. The Morgan fingerprint density at radius 3 is 3.11 bits per heavy atom. The van der Waals surface area contributed by atoms with Gasteiger partial charge in [0, 0.05) is 13.1 Å². The van der Waals surface area contributed by atoms with Crippen LogP contribution < -0.4 is 10.9 Å². The molecule has 1 aliphatic carbocycles. The Balaban J connectivity index is 1.65. The number of thioether (sulfide) groups is 1. The molecule has 0 radical (unpaired) electrons. The molecule has 7 heteroatoms. The number of aromatic nitrogens is 2. The van der Waals surface area contributed by atoms with Gasteiger partial charge in [-0.25, -0.2) is 4.98 Å². The number of hydrogen-bond acceptors (Lipinski definition) is 5. The number of carbonyl (C=O) groups excluding carboxylic acids is 1. The highest BCUT2D eigenvalue weighted by Crippen LogP contribution is 2.25. The zero-order valence-electron chi connectivity index (χ0n) is 15.6. The summed E-state index contributed by atoms with van der Waals surface area (Å²) < 4.78 is 1.59. The van der Waals surface area contributed by atoms with E-state index in [4.69, 9.17) is 0 Å². The van der Waals surface area contributed by atoms with E-state index in [1.807, 2.05) is 12.3 Å². The summed E-state index contributed by atoms with van der Waals surface area (Å²) in [6.45, 7) is 6.61. The molecule has 1 atom stereocenters. The van der Waals surface area contributed by atoms with Gasteiger partial charge in [-0.2, -0.15) is 0 Å². The highest BCUT2D eigenvalue weighted by atomic mass is 32.2. The van der Waals surface area contributed by atoms with E-state index in [0.29, 0.717) is 28.5 Å². The third kappa shape index (κ3) is 4.90. The highest BCUT2D eigenvalue weighted by Gasteiger charge is 2.19. The van der Waals surface area contributed by atoms with Crippen LogP contribution in [0.15, 0.2) is 45.7 Å². The monoisotopic (exact) mass is 403 g/mol. The van der Waals surface area contributed by atoms with E-state index < -0.39 is 0 Å². The van der Waals surface area contributed by atoms with Crippen LogP contribution in [-0.4, -0.2) is 27.3 Å². The van der Waals surface area contributed by atoms with Gasteiger partial charge in [-0.1, -0.05) is 29.5 Å². The fourth-order valence-corrected chi connectivity index (χ4v) is 4.89. The molecule has 0 unspecified atom stereocenters. The molecule has 1 N–H and O–H groups in total. The van der Waals surface area contributed by atoms with E-state index in [9.17, 15) is 9.59 Å². The van der Waals surface area contributed by atoms with Crippen molar-refractivity contribution in [2.24, 2.45) is 0 Å². The summed E-state index contributed by atoms with van der Waals surface area (Å²) in [7, 11) is 0. The summed E-state index contributed by atoms with van der Waals surface area (Å²) in [6.07, 6.45) is 9.74. The Kier molecular flexibility index (Phi) is 6.90. The second-order valence-electron chi connectivity index (χ2n) is 6.65. The normalized spacial score (nSPS) is 15.4. The van der Waals surface area contributed by atoms with Gasteiger partial charge in [0.25, 0.3) is 5.56 Å².